The molecular formula is C23H25N4O+. The van der Waals surface area contributed by atoms with Crippen molar-refractivity contribution in [1.82, 2.24) is 4.98 Å². The number of rotatable bonds is 6. The zero-order chi connectivity index (χ0) is 19.5. The summed E-state index contributed by atoms with van der Waals surface area (Å²) in [5.74, 6) is 0.803. The standard InChI is InChI=1S/C23H24N4O/c1-3-26(4-2)19-12-10-18(11-13-19)21-16-27-22(15-24-21)25-20(23(27)28)14-17-8-6-5-7-9-17/h5-13,15-16,20H,3-4,14H2,1-2H3/p+1. The monoisotopic (exact) mass is 373 g/mol. The van der Waals surface area contributed by atoms with Crippen LogP contribution in [0.3, 0.4) is 0 Å². The lowest BCUT2D eigenvalue weighted by atomic mass is 10.1. The molecule has 1 aromatic heterocycles. The van der Waals surface area contributed by atoms with Crippen molar-refractivity contribution in [2.45, 2.75) is 26.3 Å². The first-order chi connectivity index (χ1) is 13.7. The Bertz CT molecular complexity index is 966. The molecule has 0 fully saturated rings. The molecule has 1 aliphatic heterocycles. The highest BCUT2D eigenvalue weighted by Gasteiger charge is 2.38. The molecule has 1 unspecified atom stereocenters. The molecule has 1 atom stereocenters. The van der Waals surface area contributed by atoms with Gasteiger partial charge in [-0.05, 0) is 31.5 Å². The molecule has 2 aromatic carbocycles. The van der Waals surface area contributed by atoms with Crippen LogP contribution in [-0.2, 0) is 6.42 Å². The van der Waals surface area contributed by atoms with Crippen LogP contribution in [0.5, 0.6) is 0 Å². The maximum Gasteiger partial charge on any atom is 0.359 e. The summed E-state index contributed by atoms with van der Waals surface area (Å²) in [6.45, 7) is 6.26. The van der Waals surface area contributed by atoms with Crippen LogP contribution in [0.25, 0.3) is 11.3 Å². The molecule has 0 spiro atoms. The Morgan fingerprint density at radius 1 is 1.04 bits per heavy atom. The van der Waals surface area contributed by atoms with Crippen LogP contribution in [0.2, 0.25) is 0 Å². The first-order valence-corrected chi connectivity index (χ1v) is 9.81. The van der Waals surface area contributed by atoms with Crippen molar-refractivity contribution >= 4 is 17.4 Å². The molecule has 1 N–H and O–H groups in total. The Morgan fingerprint density at radius 2 is 1.75 bits per heavy atom. The third-order valence-corrected chi connectivity index (χ3v) is 5.27. The normalized spacial score (nSPS) is 15.2. The average Bonchev–Trinajstić information content (AvgIpc) is 3.05. The van der Waals surface area contributed by atoms with Crippen LogP contribution >= 0.6 is 0 Å². The third kappa shape index (κ3) is 3.48. The second-order valence-electron chi connectivity index (χ2n) is 6.97. The van der Waals surface area contributed by atoms with Gasteiger partial charge in [0.15, 0.2) is 6.04 Å². The van der Waals surface area contributed by atoms with Gasteiger partial charge in [0.2, 0.25) is 0 Å². The van der Waals surface area contributed by atoms with E-state index in [1.54, 1.807) is 10.8 Å². The fourth-order valence-corrected chi connectivity index (χ4v) is 3.68. The molecule has 0 aliphatic carbocycles. The SMILES string of the molecule is CCN(CC)c1ccc(-c2c[n+]3c(cn2)NC(Cc2ccccc2)C3=O)cc1. The topological polar surface area (TPSA) is 49.1 Å². The zero-order valence-corrected chi connectivity index (χ0v) is 16.3. The van der Waals surface area contributed by atoms with E-state index in [2.05, 4.69) is 53.3 Å². The molecule has 0 saturated heterocycles. The highest BCUT2D eigenvalue weighted by molar-refractivity contribution is 5.82. The Kier molecular flexibility index (Phi) is 5.06. The lowest BCUT2D eigenvalue weighted by Gasteiger charge is -2.21. The molecule has 0 amide bonds. The van der Waals surface area contributed by atoms with Gasteiger partial charge >= 0.3 is 11.7 Å². The summed E-state index contributed by atoms with van der Waals surface area (Å²) in [6, 6.07) is 18.2. The van der Waals surface area contributed by atoms with Gasteiger partial charge in [-0.25, -0.2) is 9.78 Å². The number of benzene rings is 2. The van der Waals surface area contributed by atoms with Crippen LogP contribution < -0.4 is 14.8 Å². The van der Waals surface area contributed by atoms with Crippen molar-refractivity contribution in [2.24, 2.45) is 0 Å². The van der Waals surface area contributed by atoms with Crippen molar-refractivity contribution in [3.63, 3.8) is 0 Å². The average molecular weight is 373 g/mol. The molecule has 1 aliphatic rings. The van der Waals surface area contributed by atoms with Gasteiger partial charge in [0.25, 0.3) is 0 Å². The number of carbonyl (C=O) groups excluding carboxylic acids is 1. The van der Waals surface area contributed by atoms with Crippen LogP contribution in [-0.4, -0.2) is 30.0 Å². The molecule has 5 nitrogen and oxygen atoms in total. The maximum atomic E-state index is 12.9. The summed E-state index contributed by atoms with van der Waals surface area (Å²) in [5, 5.41) is 3.29. The number of nitrogens with one attached hydrogen (secondary N) is 1. The van der Waals surface area contributed by atoms with E-state index in [1.165, 1.54) is 5.69 Å². The summed E-state index contributed by atoms with van der Waals surface area (Å²) in [6.07, 6.45) is 4.24. The fourth-order valence-electron chi connectivity index (χ4n) is 3.68. The maximum absolute atomic E-state index is 12.9. The largest absolute Gasteiger partial charge is 0.372 e. The molecule has 0 radical (unpaired) electrons. The number of hydrogen-bond acceptors (Lipinski definition) is 4. The van der Waals surface area contributed by atoms with E-state index in [0.29, 0.717) is 6.42 Å². The summed E-state index contributed by atoms with van der Waals surface area (Å²) in [7, 11) is 0. The minimum absolute atomic E-state index is 0.0577. The van der Waals surface area contributed by atoms with E-state index in [9.17, 15) is 4.79 Å². The lowest BCUT2D eigenvalue weighted by molar-refractivity contribution is -0.552. The molecule has 4 rings (SSSR count). The minimum Gasteiger partial charge on any atom is -0.372 e. The number of fused-ring (bicyclic) bond motifs is 1. The molecule has 5 heteroatoms. The van der Waals surface area contributed by atoms with Crippen LogP contribution in [0.15, 0.2) is 67.0 Å². The van der Waals surface area contributed by atoms with Gasteiger partial charge in [0.05, 0.1) is 0 Å². The molecule has 0 bridgehead atoms. The van der Waals surface area contributed by atoms with E-state index in [4.69, 9.17) is 0 Å². The van der Waals surface area contributed by atoms with E-state index in [0.717, 1.165) is 35.7 Å². The van der Waals surface area contributed by atoms with E-state index >= 15 is 0 Å². The summed E-state index contributed by atoms with van der Waals surface area (Å²) in [5.41, 5.74) is 4.14. The number of anilines is 2. The highest BCUT2D eigenvalue weighted by atomic mass is 16.2. The van der Waals surface area contributed by atoms with Crippen LogP contribution in [0, 0.1) is 0 Å². The van der Waals surface area contributed by atoms with Crippen molar-refractivity contribution in [2.75, 3.05) is 23.3 Å². The Labute approximate surface area is 165 Å². The predicted molar refractivity (Wildman–Crippen MR) is 112 cm³/mol. The lowest BCUT2D eigenvalue weighted by Crippen LogP contribution is -2.43. The first-order valence-electron chi connectivity index (χ1n) is 9.81. The number of nitrogens with zero attached hydrogens (tertiary/aromatic N) is 3. The molecular weight excluding hydrogens is 348 g/mol. The molecule has 2 heterocycles. The molecule has 3 aromatic rings. The van der Waals surface area contributed by atoms with Gasteiger partial charge in [-0.1, -0.05) is 42.5 Å². The quantitative estimate of drug-likeness (QED) is 0.671. The van der Waals surface area contributed by atoms with Crippen LogP contribution in [0.1, 0.15) is 24.2 Å². The second kappa shape index (κ2) is 7.80. The van der Waals surface area contributed by atoms with Crippen LogP contribution in [0.4, 0.5) is 11.5 Å². The summed E-state index contributed by atoms with van der Waals surface area (Å²) in [4.78, 5) is 19.7. The van der Waals surface area contributed by atoms with E-state index in [-0.39, 0.29) is 11.9 Å². The molecule has 28 heavy (non-hydrogen) atoms. The smallest absolute Gasteiger partial charge is 0.359 e. The van der Waals surface area contributed by atoms with Crippen molar-refractivity contribution in [3.8, 4) is 11.3 Å². The van der Waals surface area contributed by atoms with Crippen molar-refractivity contribution in [1.29, 1.82) is 0 Å². The number of hydrogen-bond donors (Lipinski definition) is 1. The first kappa shape index (κ1) is 18.2. The third-order valence-electron chi connectivity index (χ3n) is 5.27. The van der Waals surface area contributed by atoms with Gasteiger partial charge < -0.3 is 4.90 Å². The Balaban J connectivity index is 1.55. The van der Waals surface area contributed by atoms with Gasteiger partial charge in [0, 0.05) is 30.8 Å². The van der Waals surface area contributed by atoms with Crippen molar-refractivity contribution < 1.29 is 9.36 Å². The predicted octanol–water partition coefficient (Wildman–Crippen LogP) is 3.56. The number of aromatic nitrogens is 2. The van der Waals surface area contributed by atoms with Gasteiger partial charge in [-0.15, -0.1) is 0 Å². The summed E-state index contributed by atoms with van der Waals surface area (Å²) < 4.78 is 1.69. The Hall–Kier alpha value is -3.21. The Morgan fingerprint density at radius 3 is 2.43 bits per heavy atom. The van der Waals surface area contributed by atoms with Gasteiger partial charge in [-0.3, -0.25) is 5.32 Å². The van der Waals surface area contributed by atoms with Gasteiger partial charge in [0.1, 0.15) is 18.1 Å². The van der Waals surface area contributed by atoms with Crippen molar-refractivity contribution in [3.05, 3.63) is 72.6 Å². The van der Waals surface area contributed by atoms with Gasteiger partial charge in [-0.2, -0.15) is 4.57 Å². The second-order valence-corrected chi connectivity index (χ2v) is 6.97. The molecule has 142 valence electrons. The minimum atomic E-state index is -0.260. The fraction of sp³-hybridized carbons (Fsp3) is 0.261. The molecule has 0 saturated carbocycles. The highest BCUT2D eigenvalue weighted by Crippen LogP contribution is 2.23. The van der Waals surface area contributed by atoms with E-state index < -0.39 is 0 Å². The zero-order valence-electron chi connectivity index (χ0n) is 16.3. The van der Waals surface area contributed by atoms with E-state index in [1.807, 2.05) is 36.5 Å². The number of carbonyl (C=O) groups is 1. The summed E-state index contributed by atoms with van der Waals surface area (Å²) >= 11 is 0.